The first-order valence-corrected chi connectivity index (χ1v) is 8.63. The number of nitrogens with one attached hydrogen (secondary N) is 1. The van der Waals surface area contributed by atoms with E-state index in [1.807, 2.05) is 0 Å². The van der Waals surface area contributed by atoms with E-state index in [4.69, 9.17) is 4.42 Å². The molecule has 0 aliphatic rings. The fraction of sp³-hybridized carbons (Fsp3) is 0. The summed E-state index contributed by atoms with van der Waals surface area (Å²) in [5.41, 5.74) is 0.651. The Hall–Kier alpha value is -4.00. The smallest absolute Gasteiger partial charge is 0.261 e. The van der Waals surface area contributed by atoms with Crippen LogP contribution in [0.1, 0.15) is 10.4 Å². The molecule has 0 aliphatic carbocycles. The molecule has 0 saturated heterocycles. The Morgan fingerprint density at radius 1 is 0.966 bits per heavy atom. The van der Waals surface area contributed by atoms with Crippen LogP contribution in [0.4, 0.5) is 20.2 Å². The number of halogens is 2. The van der Waals surface area contributed by atoms with Crippen LogP contribution in [0.2, 0.25) is 0 Å². The van der Waals surface area contributed by atoms with Crippen LogP contribution < -0.4 is 10.9 Å². The molecule has 0 spiro atoms. The molecule has 0 saturated carbocycles. The molecule has 5 nitrogen and oxygen atoms in total. The van der Waals surface area contributed by atoms with Gasteiger partial charge in [0.25, 0.3) is 5.91 Å². The number of anilines is 1. The molecule has 29 heavy (non-hydrogen) atoms. The summed E-state index contributed by atoms with van der Waals surface area (Å²) in [6, 6.07) is 17.0. The molecule has 1 heterocycles. The maximum absolute atomic E-state index is 13.9. The standard InChI is InChI=1S/C22H14F2N2O3/c23-14-6-8-15(9-7-14)25-22-17(11-13-5-10-16(27)12-20(13)29-22)21(28)26-19-4-2-1-3-18(19)24/h1-12,27H,(H,26,28). The second-order valence-corrected chi connectivity index (χ2v) is 6.21. The van der Waals surface area contributed by atoms with E-state index in [0.29, 0.717) is 16.7 Å². The van der Waals surface area contributed by atoms with Crippen LogP contribution in [-0.4, -0.2) is 11.0 Å². The molecule has 3 aromatic carbocycles. The number of rotatable bonds is 3. The zero-order valence-corrected chi connectivity index (χ0v) is 14.9. The SMILES string of the molecule is O=C(Nc1ccccc1F)c1cc2ccc(O)cc2oc1=Nc1ccc(F)cc1. The third-order valence-electron chi connectivity index (χ3n) is 4.16. The van der Waals surface area contributed by atoms with Gasteiger partial charge in [-0.2, -0.15) is 0 Å². The van der Waals surface area contributed by atoms with E-state index in [2.05, 4.69) is 10.3 Å². The predicted octanol–water partition coefficient (Wildman–Crippen LogP) is 4.90. The molecule has 1 amide bonds. The van der Waals surface area contributed by atoms with E-state index < -0.39 is 17.5 Å². The van der Waals surface area contributed by atoms with Crippen molar-refractivity contribution in [3.05, 3.63) is 95.5 Å². The highest BCUT2D eigenvalue weighted by Crippen LogP contribution is 2.21. The number of para-hydroxylation sites is 1. The third-order valence-corrected chi connectivity index (χ3v) is 4.16. The third kappa shape index (κ3) is 3.98. The number of hydrogen-bond donors (Lipinski definition) is 2. The first-order chi connectivity index (χ1) is 14.0. The van der Waals surface area contributed by atoms with Gasteiger partial charge in [0.15, 0.2) is 0 Å². The maximum Gasteiger partial charge on any atom is 0.261 e. The quantitative estimate of drug-likeness (QED) is 0.521. The van der Waals surface area contributed by atoms with Gasteiger partial charge in [0.1, 0.15) is 28.5 Å². The van der Waals surface area contributed by atoms with E-state index in [1.54, 1.807) is 12.1 Å². The van der Waals surface area contributed by atoms with Crippen molar-refractivity contribution in [2.24, 2.45) is 4.99 Å². The number of aromatic hydroxyl groups is 1. The molecule has 0 atom stereocenters. The number of phenolic OH excluding ortho intramolecular Hbond substituents is 1. The van der Waals surface area contributed by atoms with E-state index >= 15 is 0 Å². The lowest BCUT2D eigenvalue weighted by Crippen LogP contribution is -2.22. The fourth-order valence-electron chi connectivity index (χ4n) is 2.74. The molecule has 0 unspecified atom stereocenters. The van der Waals surface area contributed by atoms with Crippen LogP contribution >= 0.6 is 0 Å². The summed E-state index contributed by atoms with van der Waals surface area (Å²) in [5, 5.41) is 12.7. The Balaban J connectivity index is 1.86. The average molecular weight is 392 g/mol. The van der Waals surface area contributed by atoms with Crippen LogP contribution in [0, 0.1) is 11.6 Å². The highest BCUT2D eigenvalue weighted by atomic mass is 19.1. The minimum absolute atomic E-state index is 0.0102. The predicted molar refractivity (Wildman–Crippen MR) is 104 cm³/mol. The zero-order valence-electron chi connectivity index (χ0n) is 14.9. The number of carbonyl (C=O) groups excluding carboxylic acids is 1. The molecule has 4 aromatic rings. The molecule has 0 radical (unpaired) electrons. The number of phenols is 1. The summed E-state index contributed by atoms with van der Waals surface area (Å²) in [5.74, 6) is -1.66. The highest BCUT2D eigenvalue weighted by molar-refractivity contribution is 6.05. The van der Waals surface area contributed by atoms with Gasteiger partial charge in [0.05, 0.1) is 11.4 Å². The Morgan fingerprint density at radius 3 is 2.48 bits per heavy atom. The van der Waals surface area contributed by atoms with Gasteiger partial charge in [0, 0.05) is 11.5 Å². The van der Waals surface area contributed by atoms with Crippen LogP contribution in [-0.2, 0) is 0 Å². The number of nitrogens with zero attached hydrogens (tertiary/aromatic N) is 1. The van der Waals surface area contributed by atoms with Crippen LogP contribution in [0.15, 0.2) is 82.2 Å². The summed E-state index contributed by atoms with van der Waals surface area (Å²) in [7, 11) is 0. The number of hydrogen-bond acceptors (Lipinski definition) is 4. The second-order valence-electron chi connectivity index (χ2n) is 6.21. The Bertz CT molecular complexity index is 1280. The Morgan fingerprint density at radius 2 is 1.72 bits per heavy atom. The van der Waals surface area contributed by atoms with Gasteiger partial charge in [-0.1, -0.05) is 12.1 Å². The molecular weight excluding hydrogens is 378 g/mol. The van der Waals surface area contributed by atoms with E-state index in [-0.39, 0.29) is 22.6 Å². The minimum atomic E-state index is -0.630. The van der Waals surface area contributed by atoms with Crippen LogP contribution in [0.5, 0.6) is 5.75 Å². The molecular formula is C22H14F2N2O3. The lowest BCUT2D eigenvalue weighted by Gasteiger charge is -2.08. The van der Waals surface area contributed by atoms with Crippen molar-refractivity contribution >= 4 is 28.3 Å². The van der Waals surface area contributed by atoms with Crippen LogP contribution in [0.3, 0.4) is 0 Å². The number of fused-ring (bicyclic) bond motifs is 1. The highest BCUT2D eigenvalue weighted by Gasteiger charge is 2.15. The van der Waals surface area contributed by atoms with Crippen molar-refractivity contribution in [3.8, 4) is 5.75 Å². The monoisotopic (exact) mass is 392 g/mol. The molecule has 144 valence electrons. The van der Waals surface area contributed by atoms with Crippen molar-refractivity contribution in [2.45, 2.75) is 0 Å². The van der Waals surface area contributed by atoms with E-state index in [1.165, 1.54) is 60.7 Å². The number of amides is 1. The fourth-order valence-corrected chi connectivity index (χ4v) is 2.74. The van der Waals surface area contributed by atoms with Crippen molar-refractivity contribution in [1.82, 2.24) is 0 Å². The molecule has 0 bridgehead atoms. The molecule has 0 aliphatic heterocycles. The largest absolute Gasteiger partial charge is 0.508 e. The van der Waals surface area contributed by atoms with Gasteiger partial charge < -0.3 is 14.8 Å². The number of benzene rings is 3. The zero-order chi connectivity index (χ0) is 20.4. The van der Waals surface area contributed by atoms with Crippen molar-refractivity contribution in [2.75, 3.05) is 5.32 Å². The van der Waals surface area contributed by atoms with E-state index in [0.717, 1.165) is 0 Å². The summed E-state index contributed by atoms with van der Waals surface area (Å²) >= 11 is 0. The topological polar surface area (TPSA) is 74.8 Å². The molecule has 1 aromatic heterocycles. The maximum atomic E-state index is 13.9. The van der Waals surface area contributed by atoms with Gasteiger partial charge in [0.2, 0.25) is 5.55 Å². The first-order valence-electron chi connectivity index (χ1n) is 8.63. The van der Waals surface area contributed by atoms with Gasteiger partial charge in [-0.15, -0.1) is 0 Å². The summed E-state index contributed by atoms with van der Waals surface area (Å²) < 4.78 is 32.8. The van der Waals surface area contributed by atoms with Crippen molar-refractivity contribution < 1.29 is 23.1 Å². The molecule has 0 fully saturated rings. The normalized spacial score (nSPS) is 11.6. The van der Waals surface area contributed by atoms with Crippen LogP contribution in [0.25, 0.3) is 11.0 Å². The van der Waals surface area contributed by atoms with Crippen molar-refractivity contribution in [1.29, 1.82) is 0 Å². The number of carbonyl (C=O) groups is 1. The van der Waals surface area contributed by atoms with Gasteiger partial charge in [-0.3, -0.25) is 4.79 Å². The average Bonchev–Trinajstić information content (AvgIpc) is 2.71. The first kappa shape index (κ1) is 18.4. The molecule has 7 heteroatoms. The van der Waals surface area contributed by atoms with Gasteiger partial charge in [-0.25, -0.2) is 13.8 Å². The summed E-state index contributed by atoms with van der Waals surface area (Å²) in [6.45, 7) is 0. The molecule has 4 rings (SSSR count). The summed E-state index contributed by atoms with van der Waals surface area (Å²) in [4.78, 5) is 17.1. The van der Waals surface area contributed by atoms with Gasteiger partial charge in [-0.05, 0) is 54.6 Å². The minimum Gasteiger partial charge on any atom is -0.508 e. The van der Waals surface area contributed by atoms with E-state index in [9.17, 15) is 18.7 Å². The lowest BCUT2D eigenvalue weighted by molar-refractivity contribution is 0.102. The van der Waals surface area contributed by atoms with Gasteiger partial charge >= 0.3 is 0 Å². The second kappa shape index (κ2) is 7.55. The Kier molecular flexibility index (Phi) is 4.78. The summed E-state index contributed by atoms with van der Waals surface area (Å²) in [6.07, 6.45) is 0. The van der Waals surface area contributed by atoms with Crippen molar-refractivity contribution in [3.63, 3.8) is 0 Å². The lowest BCUT2D eigenvalue weighted by atomic mass is 10.1. The molecule has 2 N–H and O–H groups in total. The Labute approximate surface area is 163 Å².